The predicted octanol–water partition coefficient (Wildman–Crippen LogP) is 3.95. The summed E-state index contributed by atoms with van der Waals surface area (Å²) < 4.78 is 13.1. The second-order valence-electron chi connectivity index (χ2n) is 5.56. The summed E-state index contributed by atoms with van der Waals surface area (Å²) in [5.74, 6) is -0.181. The average molecular weight is 271 g/mol. The Morgan fingerprint density at radius 3 is 2.60 bits per heavy atom. The van der Waals surface area contributed by atoms with Gasteiger partial charge in [-0.2, -0.15) is 0 Å². The fourth-order valence-electron chi connectivity index (χ4n) is 2.49. The molecule has 2 aromatic rings. The Labute approximate surface area is 120 Å². The molecule has 1 nitrogen and oxygen atoms in total. The van der Waals surface area contributed by atoms with E-state index in [2.05, 4.69) is 31.2 Å². The predicted molar refractivity (Wildman–Crippen MR) is 82.3 cm³/mol. The van der Waals surface area contributed by atoms with E-state index < -0.39 is 0 Å². The number of aryl methyl sites for hydroxylation is 3. The molecule has 0 heterocycles. The highest BCUT2D eigenvalue weighted by Gasteiger charge is 2.07. The monoisotopic (exact) mass is 271 g/mol. The fourth-order valence-corrected chi connectivity index (χ4v) is 2.49. The van der Waals surface area contributed by atoms with Crippen LogP contribution in [0.5, 0.6) is 0 Å². The molecule has 0 fully saturated rings. The van der Waals surface area contributed by atoms with Crippen LogP contribution in [0.25, 0.3) is 0 Å². The summed E-state index contributed by atoms with van der Waals surface area (Å²) in [6, 6.07) is 13.6. The molecule has 2 heteroatoms. The third kappa shape index (κ3) is 4.17. The molecule has 1 unspecified atom stereocenters. The van der Waals surface area contributed by atoms with Crippen molar-refractivity contribution in [2.45, 2.75) is 39.2 Å². The summed E-state index contributed by atoms with van der Waals surface area (Å²) in [5.41, 5.74) is 10.9. The fraction of sp³-hybridized carbons (Fsp3) is 0.333. The summed E-state index contributed by atoms with van der Waals surface area (Å²) in [6.45, 7) is 4.04. The molecular weight excluding hydrogens is 249 g/mol. The summed E-state index contributed by atoms with van der Waals surface area (Å²) in [5, 5.41) is 0. The molecule has 0 spiro atoms. The van der Waals surface area contributed by atoms with Crippen LogP contribution in [0.15, 0.2) is 42.5 Å². The number of benzene rings is 2. The molecule has 0 aliphatic heterocycles. The molecule has 0 saturated heterocycles. The van der Waals surface area contributed by atoms with Crippen LogP contribution in [-0.4, -0.2) is 6.04 Å². The van der Waals surface area contributed by atoms with Crippen molar-refractivity contribution in [2.24, 2.45) is 5.73 Å². The minimum Gasteiger partial charge on any atom is -0.327 e. The Balaban J connectivity index is 1.90. The van der Waals surface area contributed by atoms with Gasteiger partial charge in [-0.05, 0) is 61.9 Å². The maximum absolute atomic E-state index is 13.1. The van der Waals surface area contributed by atoms with Crippen LogP contribution in [0.3, 0.4) is 0 Å². The van der Waals surface area contributed by atoms with Crippen LogP contribution >= 0.6 is 0 Å². The van der Waals surface area contributed by atoms with Crippen molar-refractivity contribution in [1.82, 2.24) is 0 Å². The van der Waals surface area contributed by atoms with E-state index in [9.17, 15) is 4.39 Å². The quantitative estimate of drug-likeness (QED) is 0.875. The van der Waals surface area contributed by atoms with Crippen molar-refractivity contribution in [1.29, 1.82) is 0 Å². The van der Waals surface area contributed by atoms with E-state index in [0.717, 1.165) is 30.4 Å². The van der Waals surface area contributed by atoms with E-state index >= 15 is 0 Å². The van der Waals surface area contributed by atoms with Gasteiger partial charge in [-0.15, -0.1) is 0 Å². The maximum Gasteiger partial charge on any atom is 0.123 e. The zero-order valence-corrected chi connectivity index (χ0v) is 12.2. The summed E-state index contributed by atoms with van der Waals surface area (Å²) in [6.07, 6.45) is 2.74. The van der Waals surface area contributed by atoms with E-state index in [0.29, 0.717) is 0 Å². The van der Waals surface area contributed by atoms with Gasteiger partial charge in [-0.25, -0.2) is 4.39 Å². The van der Waals surface area contributed by atoms with Crippen molar-refractivity contribution in [2.75, 3.05) is 0 Å². The minimum atomic E-state index is -0.181. The van der Waals surface area contributed by atoms with Gasteiger partial charge in [0.25, 0.3) is 0 Å². The van der Waals surface area contributed by atoms with Gasteiger partial charge >= 0.3 is 0 Å². The lowest BCUT2D eigenvalue weighted by Gasteiger charge is -2.14. The van der Waals surface area contributed by atoms with Crippen LogP contribution < -0.4 is 5.73 Å². The molecule has 2 aromatic carbocycles. The molecular formula is C18H22FN. The molecule has 0 saturated carbocycles. The highest BCUT2D eigenvalue weighted by Crippen LogP contribution is 2.14. The van der Waals surface area contributed by atoms with Gasteiger partial charge in [0.05, 0.1) is 0 Å². The van der Waals surface area contributed by atoms with Crippen molar-refractivity contribution in [3.63, 3.8) is 0 Å². The maximum atomic E-state index is 13.1. The molecule has 0 aliphatic carbocycles. The van der Waals surface area contributed by atoms with Gasteiger partial charge in [-0.3, -0.25) is 0 Å². The summed E-state index contributed by atoms with van der Waals surface area (Å²) in [7, 11) is 0. The van der Waals surface area contributed by atoms with Crippen LogP contribution in [0.4, 0.5) is 4.39 Å². The first kappa shape index (κ1) is 14.7. The van der Waals surface area contributed by atoms with Crippen molar-refractivity contribution in [3.05, 3.63) is 70.5 Å². The van der Waals surface area contributed by atoms with Crippen LogP contribution in [0.2, 0.25) is 0 Å². The van der Waals surface area contributed by atoms with Gasteiger partial charge < -0.3 is 5.73 Å². The molecule has 2 N–H and O–H groups in total. The van der Waals surface area contributed by atoms with Gasteiger partial charge in [-0.1, -0.05) is 35.9 Å². The number of hydrogen-bond donors (Lipinski definition) is 1. The molecule has 20 heavy (non-hydrogen) atoms. The molecule has 0 radical (unpaired) electrons. The number of hydrogen-bond acceptors (Lipinski definition) is 1. The largest absolute Gasteiger partial charge is 0.327 e. The molecule has 0 aromatic heterocycles. The van der Waals surface area contributed by atoms with Crippen molar-refractivity contribution < 1.29 is 4.39 Å². The van der Waals surface area contributed by atoms with Crippen LogP contribution in [0.1, 0.15) is 28.7 Å². The lowest BCUT2D eigenvalue weighted by Crippen LogP contribution is -2.24. The summed E-state index contributed by atoms with van der Waals surface area (Å²) >= 11 is 0. The molecule has 0 aliphatic rings. The van der Waals surface area contributed by atoms with E-state index in [1.54, 1.807) is 6.07 Å². The molecule has 1 atom stereocenters. The number of halogens is 1. The SMILES string of the molecule is Cc1cccc(CCC(N)Cc2ccc(F)cc2C)c1. The third-order valence-corrected chi connectivity index (χ3v) is 3.67. The highest BCUT2D eigenvalue weighted by atomic mass is 19.1. The van der Waals surface area contributed by atoms with Crippen LogP contribution in [-0.2, 0) is 12.8 Å². The average Bonchev–Trinajstić information content (AvgIpc) is 2.40. The Morgan fingerprint density at radius 1 is 1.10 bits per heavy atom. The zero-order valence-electron chi connectivity index (χ0n) is 12.2. The lowest BCUT2D eigenvalue weighted by molar-refractivity contribution is 0.602. The molecule has 0 bridgehead atoms. The van der Waals surface area contributed by atoms with Gasteiger partial charge in [0, 0.05) is 6.04 Å². The number of nitrogens with two attached hydrogens (primary N) is 1. The van der Waals surface area contributed by atoms with Crippen LogP contribution in [0, 0.1) is 19.7 Å². The molecule has 0 amide bonds. The van der Waals surface area contributed by atoms with Gasteiger partial charge in [0.1, 0.15) is 5.82 Å². The van der Waals surface area contributed by atoms with Crippen molar-refractivity contribution >= 4 is 0 Å². The Morgan fingerprint density at radius 2 is 1.90 bits per heavy atom. The highest BCUT2D eigenvalue weighted by molar-refractivity contribution is 5.27. The topological polar surface area (TPSA) is 26.0 Å². The second-order valence-corrected chi connectivity index (χ2v) is 5.56. The smallest absolute Gasteiger partial charge is 0.123 e. The Hall–Kier alpha value is -1.67. The first-order valence-electron chi connectivity index (χ1n) is 7.11. The zero-order chi connectivity index (χ0) is 14.5. The van der Waals surface area contributed by atoms with Gasteiger partial charge in [0.15, 0.2) is 0 Å². The molecule has 2 rings (SSSR count). The first-order chi connectivity index (χ1) is 9.54. The van der Waals surface area contributed by atoms with Gasteiger partial charge in [0.2, 0.25) is 0 Å². The minimum absolute atomic E-state index is 0.111. The number of rotatable bonds is 5. The molecule has 106 valence electrons. The Bertz CT molecular complexity index is 577. The Kier molecular flexibility index (Phi) is 4.91. The van der Waals surface area contributed by atoms with E-state index in [4.69, 9.17) is 5.73 Å². The van der Waals surface area contributed by atoms with E-state index in [1.165, 1.54) is 17.2 Å². The first-order valence-corrected chi connectivity index (χ1v) is 7.11. The van der Waals surface area contributed by atoms with E-state index in [-0.39, 0.29) is 11.9 Å². The standard InChI is InChI=1S/C18H22FN/c1-13-4-3-5-15(10-13)6-9-18(20)12-16-7-8-17(19)11-14(16)2/h3-5,7-8,10-11,18H,6,9,12,20H2,1-2H3. The summed E-state index contributed by atoms with van der Waals surface area (Å²) in [4.78, 5) is 0. The lowest BCUT2D eigenvalue weighted by atomic mass is 9.96. The second kappa shape index (κ2) is 6.67. The van der Waals surface area contributed by atoms with E-state index in [1.807, 2.05) is 13.0 Å². The normalized spacial score (nSPS) is 12.4. The third-order valence-electron chi connectivity index (χ3n) is 3.67. The van der Waals surface area contributed by atoms with Crippen molar-refractivity contribution in [3.8, 4) is 0 Å².